The van der Waals surface area contributed by atoms with Gasteiger partial charge in [-0.3, -0.25) is 14.9 Å². The summed E-state index contributed by atoms with van der Waals surface area (Å²) in [4.78, 5) is 38.6. The Balaban J connectivity index is 0.00000336. The van der Waals surface area contributed by atoms with E-state index in [0.29, 0.717) is 38.1 Å². The number of carbonyl (C=O) groups excluding carboxylic acids is 2. The zero-order valence-electron chi connectivity index (χ0n) is 22.0. The molecule has 2 heterocycles. The van der Waals surface area contributed by atoms with Crippen LogP contribution in [0.4, 0.5) is 5.69 Å². The minimum absolute atomic E-state index is 0. The highest BCUT2D eigenvalue weighted by Crippen LogP contribution is 2.29. The van der Waals surface area contributed by atoms with Gasteiger partial charge in [-0.1, -0.05) is 60.8 Å². The van der Waals surface area contributed by atoms with Crippen LogP contribution < -0.4 is 5.32 Å². The second-order valence-electron chi connectivity index (χ2n) is 10.1. The van der Waals surface area contributed by atoms with Crippen molar-refractivity contribution in [2.45, 2.75) is 64.0 Å². The number of oxime groups is 1. The second-order valence-corrected chi connectivity index (χ2v) is 10.1. The molecule has 0 aromatic heterocycles. The van der Waals surface area contributed by atoms with Gasteiger partial charge in [-0.25, -0.2) is 4.99 Å². The van der Waals surface area contributed by atoms with Crippen molar-refractivity contribution in [3.05, 3.63) is 65.2 Å². The van der Waals surface area contributed by atoms with Gasteiger partial charge in [0.15, 0.2) is 0 Å². The first-order valence-corrected chi connectivity index (χ1v) is 13.4. The van der Waals surface area contributed by atoms with Crippen molar-refractivity contribution < 1.29 is 19.9 Å². The molecule has 2 fully saturated rings. The zero-order chi connectivity index (χ0) is 25.6. The fourth-order valence-corrected chi connectivity index (χ4v) is 5.28. The number of hydrogen-bond donors (Lipinski definition) is 1. The molecule has 1 saturated heterocycles. The van der Waals surface area contributed by atoms with Crippen LogP contribution in [-0.4, -0.2) is 65.0 Å². The van der Waals surface area contributed by atoms with Crippen LogP contribution in [0.2, 0.25) is 0 Å². The first-order chi connectivity index (χ1) is 18.1. The summed E-state index contributed by atoms with van der Waals surface area (Å²) in [5.74, 6) is 0.818. The highest BCUT2D eigenvalue weighted by atomic mass is 16.6. The molecule has 202 valence electrons. The predicted molar refractivity (Wildman–Crippen MR) is 147 cm³/mol. The monoisotopic (exact) mass is 519 g/mol. The van der Waals surface area contributed by atoms with Crippen LogP contribution in [0.5, 0.6) is 0 Å². The number of nitrogens with zero attached hydrogens (tertiary/aromatic N) is 4. The lowest BCUT2D eigenvalue weighted by Gasteiger charge is -2.31. The standard InChI is InChI=1S/C29H35N5O3.H2O/c1-33(24-12-6-3-7-13-24)27(36)14-8-9-17-37-32-28(21-10-4-2-5-11-21)22-15-16-25-23(18-22)19-34-20-26(35)31-29(34)30-25;/h2,4-5,10-11,15-16,18,24H,3,6-9,12-14,17,19-20H2,1H3,(H,30,31,35);1H2/b32-28-;. The van der Waals surface area contributed by atoms with Gasteiger partial charge in [-0.05, 0) is 43.4 Å². The molecule has 1 aliphatic carbocycles. The molecular weight excluding hydrogens is 482 g/mol. The van der Waals surface area contributed by atoms with Crippen LogP contribution in [0.15, 0.2) is 58.7 Å². The Hall–Kier alpha value is -3.72. The van der Waals surface area contributed by atoms with E-state index in [9.17, 15) is 9.59 Å². The summed E-state index contributed by atoms with van der Waals surface area (Å²) < 4.78 is 0. The molecule has 2 aliphatic heterocycles. The fourth-order valence-electron chi connectivity index (χ4n) is 5.28. The number of unbranched alkanes of at least 4 members (excludes halogenated alkanes) is 1. The van der Waals surface area contributed by atoms with Crippen molar-refractivity contribution in [3.8, 4) is 0 Å². The molecular formula is C29H37N5O4. The Labute approximate surface area is 223 Å². The molecule has 3 N–H and O–H groups in total. The van der Waals surface area contributed by atoms with Gasteiger partial charge in [-0.15, -0.1) is 0 Å². The van der Waals surface area contributed by atoms with E-state index in [1.165, 1.54) is 19.3 Å². The number of benzene rings is 2. The van der Waals surface area contributed by atoms with Gasteiger partial charge in [0.05, 0.1) is 5.69 Å². The van der Waals surface area contributed by atoms with Crippen molar-refractivity contribution in [1.29, 1.82) is 0 Å². The number of amides is 2. The largest absolute Gasteiger partial charge is 0.412 e. The van der Waals surface area contributed by atoms with Crippen LogP contribution in [0.1, 0.15) is 68.1 Å². The molecule has 1 saturated carbocycles. The Morgan fingerprint density at radius 2 is 1.87 bits per heavy atom. The molecule has 0 bridgehead atoms. The molecule has 2 amide bonds. The summed E-state index contributed by atoms with van der Waals surface area (Å²) in [7, 11) is 1.95. The number of rotatable bonds is 9. The van der Waals surface area contributed by atoms with Crippen molar-refractivity contribution in [1.82, 2.24) is 15.1 Å². The minimum Gasteiger partial charge on any atom is -0.412 e. The van der Waals surface area contributed by atoms with Gasteiger partial charge < -0.3 is 20.1 Å². The number of aliphatic imine (C=N–C) groups is 1. The molecule has 0 radical (unpaired) electrons. The van der Waals surface area contributed by atoms with E-state index in [0.717, 1.165) is 53.8 Å². The summed E-state index contributed by atoms with van der Waals surface area (Å²) in [5.41, 5.74) is 4.55. The first-order valence-electron chi connectivity index (χ1n) is 13.4. The second kappa shape index (κ2) is 12.7. The van der Waals surface area contributed by atoms with Crippen LogP contribution in [0.25, 0.3) is 0 Å². The van der Waals surface area contributed by atoms with Crippen molar-refractivity contribution in [2.75, 3.05) is 20.2 Å². The summed E-state index contributed by atoms with van der Waals surface area (Å²) in [5, 5.41) is 7.33. The molecule has 38 heavy (non-hydrogen) atoms. The number of guanidine groups is 1. The van der Waals surface area contributed by atoms with E-state index in [2.05, 4.69) is 21.5 Å². The average Bonchev–Trinajstić information content (AvgIpc) is 3.30. The third kappa shape index (κ3) is 6.39. The maximum Gasteiger partial charge on any atom is 0.246 e. The molecule has 9 heteroatoms. The van der Waals surface area contributed by atoms with Crippen LogP contribution in [0, 0.1) is 0 Å². The summed E-state index contributed by atoms with van der Waals surface area (Å²) in [6.45, 7) is 1.40. The maximum absolute atomic E-state index is 12.6. The lowest BCUT2D eigenvalue weighted by Crippen LogP contribution is -2.38. The molecule has 3 aliphatic rings. The molecule has 2 aromatic rings. The van der Waals surface area contributed by atoms with Crippen molar-refractivity contribution in [3.63, 3.8) is 0 Å². The van der Waals surface area contributed by atoms with E-state index in [-0.39, 0.29) is 17.3 Å². The Bertz CT molecular complexity index is 1190. The summed E-state index contributed by atoms with van der Waals surface area (Å²) in [6, 6.07) is 16.4. The normalized spacial score (nSPS) is 17.1. The van der Waals surface area contributed by atoms with Gasteiger partial charge in [-0.2, -0.15) is 0 Å². The SMILES string of the molecule is CN(C(=O)CCCCO/N=C(/c1ccccc1)c1ccc2c(c1)CN1CC(=O)NC1=N2)C1CCCCC1.O. The van der Waals surface area contributed by atoms with E-state index < -0.39 is 0 Å². The van der Waals surface area contributed by atoms with Gasteiger partial charge in [0.25, 0.3) is 0 Å². The smallest absolute Gasteiger partial charge is 0.246 e. The van der Waals surface area contributed by atoms with E-state index >= 15 is 0 Å². The third-order valence-electron chi connectivity index (χ3n) is 7.42. The zero-order valence-corrected chi connectivity index (χ0v) is 22.0. The van der Waals surface area contributed by atoms with Crippen LogP contribution >= 0.6 is 0 Å². The molecule has 9 nitrogen and oxygen atoms in total. The van der Waals surface area contributed by atoms with E-state index in [1.54, 1.807) is 0 Å². The Kier molecular flexibility index (Phi) is 9.12. The molecule has 5 rings (SSSR count). The topological polar surface area (TPSA) is 118 Å². The highest BCUT2D eigenvalue weighted by Gasteiger charge is 2.29. The van der Waals surface area contributed by atoms with Gasteiger partial charge >= 0.3 is 0 Å². The average molecular weight is 520 g/mol. The number of carbonyl (C=O) groups is 2. The quantitative estimate of drug-likeness (QED) is 0.310. The number of fused-ring (bicyclic) bond motifs is 2. The lowest BCUT2D eigenvalue weighted by atomic mass is 9.94. The van der Waals surface area contributed by atoms with Gasteiger partial charge in [0.2, 0.25) is 17.8 Å². The molecule has 2 aromatic carbocycles. The van der Waals surface area contributed by atoms with E-state index in [4.69, 9.17) is 4.84 Å². The molecule has 0 spiro atoms. The summed E-state index contributed by atoms with van der Waals surface area (Å²) in [6.07, 6.45) is 8.11. The van der Waals surface area contributed by atoms with Crippen molar-refractivity contribution >= 4 is 29.2 Å². The van der Waals surface area contributed by atoms with Crippen molar-refractivity contribution in [2.24, 2.45) is 10.1 Å². The summed E-state index contributed by atoms with van der Waals surface area (Å²) >= 11 is 0. The minimum atomic E-state index is -0.0333. The third-order valence-corrected chi connectivity index (χ3v) is 7.42. The highest BCUT2D eigenvalue weighted by molar-refractivity contribution is 6.13. The Morgan fingerprint density at radius 3 is 2.66 bits per heavy atom. The Morgan fingerprint density at radius 1 is 1.08 bits per heavy atom. The number of hydrogen-bond acceptors (Lipinski definition) is 6. The first kappa shape index (κ1) is 27.3. The fraction of sp³-hybridized carbons (Fsp3) is 0.448. The van der Waals surface area contributed by atoms with Crippen LogP contribution in [0.3, 0.4) is 0 Å². The number of nitrogens with one attached hydrogen (secondary N) is 1. The molecule has 0 unspecified atom stereocenters. The van der Waals surface area contributed by atoms with Crippen LogP contribution in [-0.2, 0) is 21.0 Å². The maximum atomic E-state index is 12.6. The molecule has 0 atom stereocenters. The lowest BCUT2D eigenvalue weighted by molar-refractivity contribution is -0.132. The van der Waals surface area contributed by atoms with Gasteiger partial charge in [0, 0.05) is 37.2 Å². The van der Waals surface area contributed by atoms with E-state index in [1.807, 2.05) is 59.3 Å². The van der Waals surface area contributed by atoms with Gasteiger partial charge in [0.1, 0.15) is 18.9 Å². The predicted octanol–water partition coefficient (Wildman–Crippen LogP) is 3.53.